The number of halogens is 1. The molecule has 3 rings (SSSR count). The Morgan fingerprint density at radius 2 is 2.05 bits per heavy atom. The quantitative estimate of drug-likeness (QED) is 0.852. The average Bonchev–Trinajstić information content (AvgIpc) is 2.97. The maximum absolute atomic E-state index is 12.5. The number of carbonyl (C=O) groups excluding carboxylic acids is 1. The van der Waals surface area contributed by atoms with Crippen molar-refractivity contribution in [1.29, 1.82) is 0 Å². The number of carbonyl (C=O) groups is 1. The topological polar surface area (TPSA) is 46.1 Å². The summed E-state index contributed by atoms with van der Waals surface area (Å²) in [5.74, 6) is -0.105. The standard InChI is InChI=1S/C15H14ClN3O/c16-14-10-17-9-12(18-14)15(20)19-8-4-7-13(19)11-5-2-1-3-6-11/h1-3,5-6,9-10,13H,4,7-8H2. The highest BCUT2D eigenvalue weighted by atomic mass is 35.5. The first-order valence-electron chi connectivity index (χ1n) is 6.59. The third kappa shape index (κ3) is 2.51. The maximum Gasteiger partial charge on any atom is 0.274 e. The number of rotatable bonds is 2. The van der Waals surface area contributed by atoms with Gasteiger partial charge >= 0.3 is 0 Å². The molecule has 1 fully saturated rings. The Kier molecular flexibility index (Phi) is 3.65. The van der Waals surface area contributed by atoms with Crippen LogP contribution in [0.25, 0.3) is 0 Å². The lowest BCUT2D eigenvalue weighted by Gasteiger charge is -2.24. The summed E-state index contributed by atoms with van der Waals surface area (Å²) < 4.78 is 0. The Bertz CT molecular complexity index is 618. The molecule has 0 spiro atoms. The van der Waals surface area contributed by atoms with E-state index in [0.717, 1.165) is 24.9 Å². The second kappa shape index (κ2) is 5.59. The fraction of sp³-hybridized carbons (Fsp3) is 0.267. The molecule has 2 heterocycles. The molecule has 1 aromatic carbocycles. The number of hydrogen-bond donors (Lipinski definition) is 0. The van der Waals surface area contributed by atoms with Crippen LogP contribution in [0.15, 0.2) is 42.7 Å². The molecule has 4 nitrogen and oxygen atoms in total. The summed E-state index contributed by atoms with van der Waals surface area (Å²) in [6, 6.07) is 10.2. The van der Waals surface area contributed by atoms with Gasteiger partial charge in [0.05, 0.1) is 18.4 Å². The van der Waals surface area contributed by atoms with Crippen LogP contribution in [0.2, 0.25) is 5.15 Å². The molecule has 1 unspecified atom stereocenters. The van der Waals surface area contributed by atoms with E-state index >= 15 is 0 Å². The normalized spacial score (nSPS) is 18.2. The smallest absolute Gasteiger partial charge is 0.274 e. The predicted molar refractivity (Wildman–Crippen MR) is 76.5 cm³/mol. The Morgan fingerprint density at radius 1 is 1.25 bits per heavy atom. The molecule has 0 saturated carbocycles. The van der Waals surface area contributed by atoms with Gasteiger partial charge < -0.3 is 4.90 Å². The molecule has 0 bridgehead atoms. The van der Waals surface area contributed by atoms with Crippen LogP contribution in [0.5, 0.6) is 0 Å². The first kappa shape index (κ1) is 13.1. The van der Waals surface area contributed by atoms with E-state index in [1.807, 2.05) is 23.1 Å². The lowest BCUT2D eigenvalue weighted by atomic mass is 10.0. The predicted octanol–water partition coefficient (Wildman–Crippen LogP) is 3.11. The molecule has 1 amide bonds. The van der Waals surface area contributed by atoms with Gasteiger partial charge in [0.2, 0.25) is 0 Å². The molecule has 1 aromatic heterocycles. The molecule has 102 valence electrons. The molecule has 5 heteroatoms. The zero-order valence-electron chi connectivity index (χ0n) is 10.9. The number of aromatic nitrogens is 2. The van der Waals surface area contributed by atoms with Crippen LogP contribution >= 0.6 is 11.6 Å². The second-order valence-electron chi connectivity index (χ2n) is 4.79. The Labute approximate surface area is 122 Å². The highest BCUT2D eigenvalue weighted by molar-refractivity contribution is 6.29. The molecule has 1 atom stereocenters. The zero-order chi connectivity index (χ0) is 13.9. The maximum atomic E-state index is 12.5. The third-order valence-electron chi connectivity index (χ3n) is 3.52. The van der Waals surface area contributed by atoms with Gasteiger partial charge in [0.1, 0.15) is 10.8 Å². The Hall–Kier alpha value is -1.94. The van der Waals surface area contributed by atoms with Crippen LogP contribution in [0.4, 0.5) is 0 Å². The minimum absolute atomic E-state index is 0.105. The van der Waals surface area contributed by atoms with Crippen molar-refractivity contribution in [2.75, 3.05) is 6.54 Å². The highest BCUT2D eigenvalue weighted by Gasteiger charge is 2.31. The van der Waals surface area contributed by atoms with Gasteiger partial charge in [-0.1, -0.05) is 41.9 Å². The summed E-state index contributed by atoms with van der Waals surface area (Å²) >= 11 is 5.80. The van der Waals surface area contributed by atoms with Crippen molar-refractivity contribution in [3.8, 4) is 0 Å². The largest absolute Gasteiger partial charge is 0.330 e. The van der Waals surface area contributed by atoms with Crippen molar-refractivity contribution in [1.82, 2.24) is 14.9 Å². The lowest BCUT2D eigenvalue weighted by Crippen LogP contribution is -2.31. The molecular formula is C15H14ClN3O. The van der Waals surface area contributed by atoms with Gasteiger partial charge in [-0.3, -0.25) is 9.78 Å². The molecule has 0 N–H and O–H groups in total. The summed E-state index contributed by atoms with van der Waals surface area (Å²) in [6.07, 6.45) is 4.87. The third-order valence-corrected chi connectivity index (χ3v) is 3.70. The van der Waals surface area contributed by atoms with Gasteiger partial charge in [-0.25, -0.2) is 4.98 Å². The molecular weight excluding hydrogens is 274 g/mol. The van der Waals surface area contributed by atoms with Gasteiger partial charge in [0.25, 0.3) is 5.91 Å². The van der Waals surface area contributed by atoms with Crippen LogP contribution in [-0.4, -0.2) is 27.3 Å². The summed E-state index contributed by atoms with van der Waals surface area (Å²) in [5, 5.41) is 0.242. The highest BCUT2D eigenvalue weighted by Crippen LogP contribution is 2.32. The monoisotopic (exact) mass is 287 g/mol. The summed E-state index contributed by atoms with van der Waals surface area (Å²) in [5.41, 5.74) is 1.47. The van der Waals surface area contributed by atoms with E-state index in [1.165, 1.54) is 12.4 Å². The number of likely N-dealkylation sites (tertiary alicyclic amines) is 1. The van der Waals surface area contributed by atoms with Gasteiger partial charge in [-0.15, -0.1) is 0 Å². The minimum Gasteiger partial charge on any atom is -0.330 e. The number of nitrogens with zero attached hydrogens (tertiary/aromatic N) is 3. The lowest BCUT2D eigenvalue weighted by molar-refractivity contribution is 0.0729. The molecule has 0 aliphatic carbocycles. The van der Waals surface area contributed by atoms with Crippen LogP contribution in [0.1, 0.15) is 34.9 Å². The van der Waals surface area contributed by atoms with Gasteiger partial charge in [0, 0.05) is 6.54 Å². The van der Waals surface area contributed by atoms with Crippen LogP contribution < -0.4 is 0 Å². The number of hydrogen-bond acceptors (Lipinski definition) is 3. The first-order chi connectivity index (χ1) is 9.75. The number of benzene rings is 1. The van der Waals surface area contributed by atoms with E-state index in [-0.39, 0.29) is 17.1 Å². The van der Waals surface area contributed by atoms with Crippen molar-refractivity contribution in [3.63, 3.8) is 0 Å². The van der Waals surface area contributed by atoms with Gasteiger partial charge in [-0.2, -0.15) is 0 Å². The second-order valence-corrected chi connectivity index (χ2v) is 5.18. The average molecular weight is 288 g/mol. The van der Waals surface area contributed by atoms with E-state index in [9.17, 15) is 4.79 Å². The minimum atomic E-state index is -0.105. The van der Waals surface area contributed by atoms with E-state index in [1.54, 1.807) is 0 Å². The van der Waals surface area contributed by atoms with Gasteiger partial charge in [-0.05, 0) is 18.4 Å². The first-order valence-corrected chi connectivity index (χ1v) is 6.97. The number of amides is 1. The molecule has 1 aliphatic rings. The Morgan fingerprint density at radius 3 is 2.80 bits per heavy atom. The fourth-order valence-electron chi connectivity index (χ4n) is 2.62. The summed E-state index contributed by atoms with van der Waals surface area (Å²) in [4.78, 5) is 22.4. The Balaban J connectivity index is 1.87. The van der Waals surface area contributed by atoms with Gasteiger partial charge in [0.15, 0.2) is 0 Å². The van der Waals surface area contributed by atoms with Crippen LogP contribution in [0, 0.1) is 0 Å². The molecule has 1 aliphatic heterocycles. The van der Waals surface area contributed by atoms with E-state index in [0.29, 0.717) is 5.69 Å². The molecule has 20 heavy (non-hydrogen) atoms. The van der Waals surface area contributed by atoms with E-state index in [2.05, 4.69) is 22.1 Å². The molecule has 0 radical (unpaired) electrons. The van der Waals surface area contributed by atoms with Crippen LogP contribution in [0.3, 0.4) is 0 Å². The van der Waals surface area contributed by atoms with Crippen molar-refractivity contribution < 1.29 is 4.79 Å². The SMILES string of the molecule is O=C(c1cncc(Cl)n1)N1CCCC1c1ccccc1. The van der Waals surface area contributed by atoms with Crippen molar-refractivity contribution >= 4 is 17.5 Å². The van der Waals surface area contributed by atoms with E-state index < -0.39 is 0 Å². The molecule has 2 aromatic rings. The van der Waals surface area contributed by atoms with Crippen molar-refractivity contribution in [2.24, 2.45) is 0 Å². The van der Waals surface area contributed by atoms with Crippen LogP contribution in [-0.2, 0) is 0 Å². The summed E-state index contributed by atoms with van der Waals surface area (Å²) in [6.45, 7) is 0.743. The fourth-order valence-corrected chi connectivity index (χ4v) is 2.77. The molecule has 1 saturated heterocycles. The van der Waals surface area contributed by atoms with Crippen molar-refractivity contribution in [2.45, 2.75) is 18.9 Å². The van der Waals surface area contributed by atoms with Crippen molar-refractivity contribution in [3.05, 3.63) is 59.1 Å². The van der Waals surface area contributed by atoms with E-state index in [4.69, 9.17) is 11.6 Å². The zero-order valence-corrected chi connectivity index (χ0v) is 11.6. The summed E-state index contributed by atoms with van der Waals surface area (Å²) in [7, 11) is 0.